The fourth-order valence-corrected chi connectivity index (χ4v) is 2.07. The molecule has 0 aromatic carbocycles. The summed E-state index contributed by atoms with van der Waals surface area (Å²) in [5.74, 6) is 0.334. The van der Waals surface area contributed by atoms with E-state index >= 15 is 0 Å². The van der Waals surface area contributed by atoms with E-state index in [0.29, 0.717) is 18.2 Å². The molecule has 17 heavy (non-hydrogen) atoms. The Labute approximate surface area is 99.2 Å². The Balaban J connectivity index is 2.12. The lowest BCUT2D eigenvalue weighted by atomic mass is 10.1. The third-order valence-corrected chi connectivity index (χ3v) is 3.08. The molecule has 2 aromatic rings. The number of fused-ring (bicyclic) bond motifs is 1. The monoisotopic (exact) mass is 230 g/mol. The van der Waals surface area contributed by atoms with Crippen LogP contribution in [0.5, 0.6) is 0 Å². The van der Waals surface area contributed by atoms with E-state index in [0.717, 1.165) is 5.52 Å². The topological polar surface area (TPSA) is 43.6 Å². The minimum atomic E-state index is -0.280. The van der Waals surface area contributed by atoms with Gasteiger partial charge in [-0.1, -0.05) is 0 Å². The minimum absolute atomic E-state index is 0.280. The first-order chi connectivity index (χ1) is 8.29. The van der Waals surface area contributed by atoms with Crippen LogP contribution in [-0.2, 0) is 4.74 Å². The zero-order chi connectivity index (χ0) is 11.8. The molecule has 2 aromatic heterocycles. The summed E-state index contributed by atoms with van der Waals surface area (Å²) in [5.41, 5.74) is 2.75. The largest absolute Gasteiger partial charge is 0.461 e. The number of ether oxygens (including phenoxy) is 1. The molecule has 4 nitrogen and oxygen atoms in total. The Hall–Kier alpha value is -1.84. The van der Waals surface area contributed by atoms with Crippen LogP contribution in [0.3, 0.4) is 0 Å². The van der Waals surface area contributed by atoms with Gasteiger partial charge in [-0.15, -0.1) is 0 Å². The average molecular weight is 230 g/mol. The van der Waals surface area contributed by atoms with E-state index in [4.69, 9.17) is 4.74 Å². The summed E-state index contributed by atoms with van der Waals surface area (Å²) in [4.78, 5) is 16.0. The van der Waals surface area contributed by atoms with Gasteiger partial charge in [0, 0.05) is 0 Å². The van der Waals surface area contributed by atoms with E-state index in [9.17, 15) is 4.79 Å². The van der Waals surface area contributed by atoms with Crippen LogP contribution < -0.4 is 0 Å². The van der Waals surface area contributed by atoms with Gasteiger partial charge in [0.15, 0.2) is 0 Å². The number of imidazole rings is 1. The molecular weight excluding hydrogens is 216 g/mol. The zero-order valence-electron chi connectivity index (χ0n) is 9.72. The van der Waals surface area contributed by atoms with Gasteiger partial charge in [0.1, 0.15) is 5.69 Å². The molecular formula is C13H14N2O2. The lowest BCUT2D eigenvalue weighted by Gasteiger charge is -2.07. The number of esters is 1. The smallest absolute Gasteiger partial charge is 0.355 e. The molecule has 88 valence electrons. The second kappa shape index (κ2) is 3.87. The molecule has 4 heteroatoms. The highest BCUT2D eigenvalue weighted by Gasteiger charge is 2.25. The van der Waals surface area contributed by atoms with Crippen molar-refractivity contribution in [2.24, 2.45) is 0 Å². The van der Waals surface area contributed by atoms with Crippen molar-refractivity contribution in [1.82, 2.24) is 9.38 Å². The molecule has 3 rings (SSSR count). The molecule has 0 unspecified atom stereocenters. The highest BCUT2D eigenvalue weighted by molar-refractivity contribution is 5.89. The predicted molar refractivity (Wildman–Crippen MR) is 63.1 cm³/mol. The summed E-state index contributed by atoms with van der Waals surface area (Å²) < 4.78 is 6.85. The fourth-order valence-electron chi connectivity index (χ4n) is 2.07. The summed E-state index contributed by atoms with van der Waals surface area (Å²) in [6.45, 7) is 2.20. The molecule has 0 spiro atoms. The number of carbonyl (C=O) groups is 1. The third-order valence-electron chi connectivity index (χ3n) is 3.08. The molecule has 2 heterocycles. The standard InChI is InChI=1S/C13H14N2O2/c1-2-17-13(16)12-6-10(9-3-4-9)5-11-7-14-8-15(11)12/h5-9H,2-4H2,1H3. The van der Waals surface area contributed by atoms with Gasteiger partial charge < -0.3 is 4.74 Å². The number of aromatic nitrogens is 2. The van der Waals surface area contributed by atoms with Crippen molar-refractivity contribution < 1.29 is 9.53 Å². The lowest BCUT2D eigenvalue weighted by molar-refractivity contribution is 0.0517. The lowest BCUT2D eigenvalue weighted by Crippen LogP contribution is -2.10. The summed E-state index contributed by atoms with van der Waals surface area (Å²) in [6.07, 6.45) is 5.85. The maximum Gasteiger partial charge on any atom is 0.355 e. The molecule has 1 fully saturated rings. The zero-order valence-corrected chi connectivity index (χ0v) is 9.72. The number of pyridine rings is 1. The highest BCUT2D eigenvalue weighted by Crippen LogP contribution is 2.40. The molecule has 1 aliphatic carbocycles. The fraction of sp³-hybridized carbons (Fsp3) is 0.385. The van der Waals surface area contributed by atoms with Gasteiger partial charge >= 0.3 is 5.97 Å². The Morgan fingerprint density at radius 1 is 1.53 bits per heavy atom. The normalized spacial score (nSPS) is 15.1. The molecule has 0 N–H and O–H groups in total. The van der Waals surface area contributed by atoms with Crippen LogP contribution in [-0.4, -0.2) is 22.0 Å². The van der Waals surface area contributed by atoms with E-state index < -0.39 is 0 Å². The molecule has 0 saturated heterocycles. The average Bonchev–Trinajstić information content (AvgIpc) is 3.06. The predicted octanol–water partition coefficient (Wildman–Crippen LogP) is 2.39. The molecule has 0 amide bonds. The first kappa shape index (κ1) is 10.3. The van der Waals surface area contributed by atoms with Gasteiger partial charge in [-0.05, 0) is 43.4 Å². The van der Waals surface area contributed by atoms with Gasteiger partial charge in [-0.25, -0.2) is 9.78 Å². The quantitative estimate of drug-likeness (QED) is 0.760. The van der Waals surface area contributed by atoms with Crippen LogP contribution in [0.15, 0.2) is 24.7 Å². The van der Waals surface area contributed by atoms with Gasteiger partial charge in [0.05, 0.1) is 24.6 Å². The van der Waals surface area contributed by atoms with E-state index in [1.165, 1.54) is 18.4 Å². The Morgan fingerprint density at radius 3 is 3.06 bits per heavy atom. The van der Waals surface area contributed by atoms with Gasteiger partial charge in [-0.2, -0.15) is 0 Å². The van der Waals surface area contributed by atoms with Crippen molar-refractivity contribution in [3.8, 4) is 0 Å². The Morgan fingerprint density at radius 2 is 2.35 bits per heavy atom. The SMILES string of the molecule is CCOC(=O)c1cc(C2CC2)cc2cncn12. The van der Waals surface area contributed by atoms with Gasteiger partial charge in [0.2, 0.25) is 0 Å². The number of hydrogen-bond donors (Lipinski definition) is 0. The van der Waals surface area contributed by atoms with E-state index in [1.54, 1.807) is 16.9 Å². The van der Waals surface area contributed by atoms with Gasteiger partial charge in [0.25, 0.3) is 0 Å². The van der Waals surface area contributed by atoms with Crippen molar-refractivity contribution in [1.29, 1.82) is 0 Å². The van der Waals surface area contributed by atoms with E-state index in [1.807, 2.05) is 13.0 Å². The van der Waals surface area contributed by atoms with Crippen molar-refractivity contribution in [2.75, 3.05) is 6.61 Å². The van der Waals surface area contributed by atoms with Crippen LogP contribution in [0.2, 0.25) is 0 Å². The first-order valence-corrected chi connectivity index (χ1v) is 5.92. The Bertz CT molecular complexity index is 570. The third kappa shape index (κ3) is 1.79. The van der Waals surface area contributed by atoms with Crippen LogP contribution in [0.25, 0.3) is 5.52 Å². The van der Waals surface area contributed by atoms with Gasteiger partial charge in [-0.3, -0.25) is 4.40 Å². The molecule has 0 bridgehead atoms. The van der Waals surface area contributed by atoms with Crippen molar-refractivity contribution >= 4 is 11.5 Å². The summed E-state index contributed by atoms with van der Waals surface area (Å²) in [5, 5.41) is 0. The number of carbonyl (C=O) groups excluding carboxylic acids is 1. The number of hydrogen-bond acceptors (Lipinski definition) is 3. The van der Waals surface area contributed by atoms with Crippen molar-refractivity contribution in [3.05, 3.63) is 35.9 Å². The van der Waals surface area contributed by atoms with Crippen LogP contribution in [0.1, 0.15) is 41.7 Å². The van der Waals surface area contributed by atoms with Crippen molar-refractivity contribution in [3.63, 3.8) is 0 Å². The van der Waals surface area contributed by atoms with Crippen LogP contribution in [0, 0.1) is 0 Å². The maximum atomic E-state index is 11.9. The number of rotatable bonds is 3. The molecule has 0 atom stereocenters. The molecule has 0 radical (unpaired) electrons. The maximum absolute atomic E-state index is 11.9. The molecule has 1 aliphatic rings. The van der Waals surface area contributed by atoms with E-state index in [-0.39, 0.29) is 5.97 Å². The summed E-state index contributed by atoms with van der Waals surface area (Å²) in [6, 6.07) is 4.04. The van der Waals surface area contributed by atoms with Crippen LogP contribution in [0.4, 0.5) is 0 Å². The summed E-state index contributed by atoms with van der Waals surface area (Å²) >= 11 is 0. The number of nitrogens with zero attached hydrogens (tertiary/aromatic N) is 2. The summed E-state index contributed by atoms with van der Waals surface area (Å²) in [7, 11) is 0. The second-order valence-electron chi connectivity index (χ2n) is 4.36. The first-order valence-electron chi connectivity index (χ1n) is 5.92. The minimum Gasteiger partial charge on any atom is -0.461 e. The molecule has 0 aliphatic heterocycles. The van der Waals surface area contributed by atoms with Crippen LogP contribution >= 0.6 is 0 Å². The second-order valence-corrected chi connectivity index (χ2v) is 4.36. The molecule has 1 saturated carbocycles. The van der Waals surface area contributed by atoms with E-state index in [2.05, 4.69) is 11.1 Å². The highest BCUT2D eigenvalue weighted by atomic mass is 16.5. The Kier molecular flexibility index (Phi) is 2.35. The van der Waals surface area contributed by atoms with Crippen molar-refractivity contribution in [2.45, 2.75) is 25.7 Å².